The molecule has 2 rings (SSSR count). The largest absolute Gasteiger partial charge is 0.490 e. The summed E-state index contributed by atoms with van der Waals surface area (Å²) in [5.41, 5.74) is -0.836. The molecule has 6 atom stereocenters. The molecule has 1 aromatic rings. The summed E-state index contributed by atoms with van der Waals surface area (Å²) in [4.78, 5) is 51.2. The van der Waals surface area contributed by atoms with Gasteiger partial charge < -0.3 is 40.3 Å². The molecule has 0 amide bonds. The lowest BCUT2D eigenvalue weighted by Crippen LogP contribution is -2.70. The molecule has 0 saturated carbocycles. The Balaban J connectivity index is 2.28. The second kappa shape index (κ2) is 9.80. The molecular formula is C12H18FN4O14P3. The van der Waals surface area contributed by atoms with Crippen molar-refractivity contribution in [2.75, 3.05) is 25.6 Å². The average Bonchev–Trinajstić information content (AvgIpc) is 2.67. The van der Waals surface area contributed by atoms with Crippen LogP contribution < -0.4 is 11.4 Å². The lowest BCUT2D eigenvalue weighted by molar-refractivity contribution is -0.247. The first-order valence-corrected chi connectivity index (χ1v) is 13.1. The fraction of sp³-hybridized carbons (Fsp3) is 0.583. The lowest BCUT2D eigenvalue weighted by atomic mass is 9.80. The first-order chi connectivity index (χ1) is 15.4. The van der Waals surface area contributed by atoms with Crippen LogP contribution in [0.5, 0.6) is 0 Å². The maximum Gasteiger partial charge on any atom is 0.490 e. The molecule has 22 heteroatoms. The number of nitriles is 1. The second-order valence-electron chi connectivity index (χ2n) is 6.78. The number of phosphoric ester groups is 1. The van der Waals surface area contributed by atoms with Gasteiger partial charge in [-0.25, -0.2) is 22.9 Å². The van der Waals surface area contributed by atoms with Crippen LogP contribution in [0, 0.1) is 11.3 Å². The third-order valence-electron chi connectivity index (χ3n) is 4.47. The van der Waals surface area contributed by atoms with Crippen LogP contribution in [0.15, 0.2) is 17.1 Å². The number of ether oxygens (including phenoxy) is 1. The van der Waals surface area contributed by atoms with E-state index in [-0.39, 0.29) is 5.82 Å². The van der Waals surface area contributed by atoms with E-state index in [9.17, 15) is 43.2 Å². The minimum atomic E-state index is -5.88. The second-order valence-corrected chi connectivity index (χ2v) is 11.2. The maximum atomic E-state index is 13.9. The number of nitrogens with two attached hydrogens (primary N) is 1. The summed E-state index contributed by atoms with van der Waals surface area (Å²) in [7, 11) is -17.3. The van der Waals surface area contributed by atoms with E-state index in [1.54, 1.807) is 6.07 Å². The summed E-state index contributed by atoms with van der Waals surface area (Å²) in [5.74, 6) is -0.241. The Morgan fingerprint density at radius 3 is 2.35 bits per heavy atom. The van der Waals surface area contributed by atoms with Crippen molar-refractivity contribution < 1.29 is 65.8 Å². The molecule has 1 fully saturated rings. The highest BCUT2D eigenvalue weighted by molar-refractivity contribution is 7.66. The van der Waals surface area contributed by atoms with Crippen LogP contribution in [0.1, 0.15) is 0 Å². The number of nitrogen functional groups attached to an aromatic ring is 1. The first kappa shape index (κ1) is 28.6. The molecule has 1 aliphatic rings. The number of aromatic nitrogens is 2. The number of hydrogen-bond acceptors (Lipinski definition) is 13. The van der Waals surface area contributed by atoms with Crippen molar-refractivity contribution in [3.63, 3.8) is 0 Å². The highest BCUT2D eigenvalue weighted by Gasteiger charge is 2.59. The molecule has 18 nitrogen and oxygen atoms in total. The number of aliphatic hydroxyl groups is 2. The van der Waals surface area contributed by atoms with E-state index in [1.165, 1.54) is 0 Å². The van der Waals surface area contributed by atoms with Gasteiger partial charge >= 0.3 is 29.2 Å². The van der Waals surface area contributed by atoms with Crippen molar-refractivity contribution in [2.24, 2.45) is 0 Å². The third-order valence-corrected chi connectivity index (χ3v) is 8.25. The van der Waals surface area contributed by atoms with Gasteiger partial charge in [-0.05, 0) is 6.07 Å². The van der Waals surface area contributed by atoms with Crippen LogP contribution in [0.25, 0.3) is 0 Å². The molecule has 1 saturated heterocycles. The van der Waals surface area contributed by atoms with Crippen LogP contribution in [0.2, 0.25) is 0 Å². The van der Waals surface area contributed by atoms with Crippen molar-refractivity contribution in [1.82, 2.24) is 9.55 Å². The number of rotatable bonds is 9. The normalized spacial score (nSPS) is 31.2. The number of phosphoric acid groups is 3. The molecule has 0 aliphatic carbocycles. The number of nitrogens with zero attached hydrogens (tertiary/aromatic N) is 3. The molecule has 2 unspecified atom stereocenters. The van der Waals surface area contributed by atoms with Gasteiger partial charge in [0, 0.05) is 6.20 Å². The standard InChI is InChI=1S/C12H18FN4O14P3/c13-3-12(6-29-33(24,25)31-34(26,27)30-32(21,22)23)9(19)8(18)11(4-14,5-28-12)17-2-1-7(15)16-10(17)20/h1-2,8-9,18-19H,3,5-6H2,(H,24,25)(H,26,27)(H2,15,16,20)(H2,21,22,23)/t8-,9+,11-,12-/m1/s1. The Hall–Kier alpha value is -1.61. The van der Waals surface area contributed by atoms with Crippen LogP contribution in [0.3, 0.4) is 0 Å². The van der Waals surface area contributed by atoms with E-state index >= 15 is 0 Å². The van der Waals surface area contributed by atoms with Crippen LogP contribution in [-0.4, -0.2) is 77.0 Å². The van der Waals surface area contributed by atoms with E-state index in [0.717, 1.165) is 12.3 Å². The Labute approximate surface area is 188 Å². The van der Waals surface area contributed by atoms with Gasteiger partial charge in [0.05, 0.1) is 19.3 Å². The van der Waals surface area contributed by atoms with Crippen molar-refractivity contribution >= 4 is 29.3 Å². The summed E-state index contributed by atoms with van der Waals surface area (Å²) in [6.45, 7) is -4.21. The van der Waals surface area contributed by atoms with E-state index in [0.29, 0.717) is 4.57 Å². The number of aliphatic hydroxyl groups excluding tert-OH is 2. The molecule has 0 spiro atoms. The molecule has 192 valence electrons. The molecule has 0 aromatic carbocycles. The summed E-state index contributed by atoms with van der Waals surface area (Å²) < 4.78 is 64.8. The third kappa shape index (κ3) is 6.14. The zero-order chi connectivity index (χ0) is 26.2. The number of alkyl halides is 1. The van der Waals surface area contributed by atoms with Crippen molar-refractivity contribution in [2.45, 2.75) is 23.3 Å². The Morgan fingerprint density at radius 2 is 1.85 bits per heavy atom. The number of hydrogen-bond donors (Lipinski definition) is 7. The highest BCUT2D eigenvalue weighted by Crippen LogP contribution is 2.66. The van der Waals surface area contributed by atoms with Gasteiger partial charge in [0.2, 0.25) is 0 Å². The fourth-order valence-electron chi connectivity index (χ4n) is 2.83. The predicted molar refractivity (Wildman–Crippen MR) is 103 cm³/mol. The fourth-order valence-corrected chi connectivity index (χ4v) is 5.91. The molecule has 1 aromatic heterocycles. The van der Waals surface area contributed by atoms with Gasteiger partial charge in [-0.15, -0.1) is 0 Å². The average molecular weight is 554 g/mol. The summed E-state index contributed by atoms with van der Waals surface area (Å²) in [6, 6.07) is 2.63. The van der Waals surface area contributed by atoms with Crippen molar-refractivity contribution in [1.29, 1.82) is 5.26 Å². The van der Waals surface area contributed by atoms with E-state index in [1.807, 2.05) is 0 Å². The highest BCUT2D eigenvalue weighted by atomic mass is 31.3. The Kier molecular flexibility index (Phi) is 8.25. The zero-order valence-electron chi connectivity index (χ0n) is 16.5. The molecule has 1 aliphatic heterocycles. The van der Waals surface area contributed by atoms with Crippen molar-refractivity contribution in [3.05, 3.63) is 22.7 Å². The van der Waals surface area contributed by atoms with Gasteiger partial charge in [0.1, 0.15) is 30.3 Å². The van der Waals surface area contributed by atoms with E-state index in [4.69, 9.17) is 25.2 Å². The Bertz CT molecular complexity index is 1170. The molecule has 0 radical (unpaired) electrons. The SMILES string of the molecule is N#C[C@@]1(n2ccc(N)nc2=O)CO[C@](CF)(COP(=O)(O)OP(=O)(O)OP(=O)(O)O)[C@@H](O)[C@H]1O. The summed E-state index contributed by atoms with van der Waals surface area (Å²) >= 11 is 0. The number of halogens is 1. The smallest absolute Gasteiger partial charge is 0.387 e. The predicted octanol–water partition coefficient (Wildman–Crippen LogP) is -2.15. The quantitative estimate of drug-likeness (QED) is 0.160. The minimum Gasteiger partial charge on any atom is -0.387 e. The Morgan fingerprint density at radius 1 is 1.24 bits per heavy atom. The lowest BCUT2D eigenvalue weighted by Gasteiger charge is -2.48. The van der Waals surface area contributed by atoms with Crippen LogP contribution >= 0.6 is 23.5 Å². The molecule has 8 N–H and O–H groups in total. The van der Waals surface area contributed by atoms with Crippen LogP contribution in [0.4, 0.5) is 10.2 Å². The maximum absolute atomic E-state index is 13.9. The van der Waals surface area contributed by atoms with Crippen LogP contribution in [-0.2, 0) is 37.1 Å². The van der Waals surface area contributed by atoms with E-state index in [2.05, 4.69) is 18.1 Å². The van der Waals surface area contributed by atoms with Gasteiger partial charge in [-0.3, -0.25) is 9.09 Å². The molecular weight excluding hydrogens is 536 g/mol. The van der Waals surface area contributed by atoms with Gasteiger partial charge in [0.25, 0.3) is 0 Å². The minimum absolute atomic E-state index is 0.241. The van der Waals surface area contributed by atoms with E-state index < -0.39 is 72.4 Å². The monoisotopic (exact) mass is 554 g/mol. The summed E-state index contributed by atoms with van der Waals surface area (Å²) in [6.07, 6.45) is -3.78. The van der Waals surface area contributed by atoms with Gasteiger partial charge in [-0.1, -0.05) is 0 Å². The van der Waals surface area contributed by atoms with Crippen molar-refractivity contribution in [3.8, 4) is 6.07 Å². The topological polar surface area (TPSA) is 294 Å². The molecule has 2 heterocycles. The molecule has 0 bridgehead atoms. The first-order valence-electron chi connectivity index (χ1n) is 8.54. The van der Waals surface area contributed by atoms with Gasteiger partial charge in [-0.2, -0.15) is 18.9 Å². The van der Waals surface area contributed by atoms with Gasteiger partial charge in [0.15, 0.2) is 5.54 Å². The summed E-state index contributed by atoms with van der Waals surface area (Å²) in [5, 5.41) is 30.7. The molecule has 34 heavy (non-hydrogen) atoms. The zero-order valence-corrected chi connectivity index (χ0v) is 19.2. The number of anilines is 1.